The quantitative estimate of drug-likeness (QED) is 0.374. The Kier molecular flexibility index (Phi) is 7.26. The Morgan fingerprint density at radius 2 is 1.94 bits per heavy atom. The number of thioether (sulfide) groups is 1. The monoisotopic (exact) mass is 479 g/mol. The van der Waals surface area contributed by atoms with Crippen molar-refractivity contribution in [2.24, 2.45) is 7.05 Å². The van der Waals surface area contributed by atoms with E-state index in [0.717, 1.165) is 17.5 Å². The summed E-state index contributed by atoms with van der Waals surface area (Å²) >= 11 is 1.47. The largest absolute Gasteiger partial charge is 0.493 e. The van der Waals surface area contributed by atoms with Gasteiger partial charge >= 0.3 is 0 Å². The number of nitrogens with one attached hydrogen (secondary N) is 1. The molecule has 4 rings (SSSR count). The molecule has 0 radical (unpaired) electrons. The lowest BCUT2D eigenvalue weighted by molar-refractivity contribution is -0.116. The minimum Gasteiger partial charge on any atom is -0.493 e. The summed E-state index contributed by atoms with van der Waals surface area (Å²) in [7, 11) is 3.41. The molecule has 0 fully saturated rings. The summed E-state index contributed by atoms with van der Waals surface area (Å²) in [6.07, 6.45) is 0.958. The molecule has 1 aromatic heterocycles. The number of carbonyl (C=O) groups is 1. The van der Waals surface area contributed by atoms with Crippen molar-refractivity contribution >= 4 is 23.5 Å². The number of fused-ring (bicyclic) bond motifs is 1. The van der Waals surface area contributed by atoms with Gasteiger partial charge in [-0.2, -0.15) is 4.98 Å². The van der Waals surface area contributed by atoms with Crippen molar-refractivity contribution in [2.75, 3.05) is 19.0 Å². The van der Waals surface area contributed by atoms with Crippen LogP contribution in [0.5, 0.6) is 11.5 Å². The van der Waals surface area contributed by atoms with E-state index in [4.69, 9.17) is 9.47 Å². The molecule has 178 valence electrons. The first-order valence-corrected chi connectivity index (χ1v) is 12.3. The molecule has 3 aromatic rings. The number of hydrogen-bond acceptors (Lipinski definition) is 6. The number of benzene rings is 2. The Hall–Kier alpha value is -3.26. The van der Waals surface area contributed by atoms with Crippen molar-refractivity contribution in [1.29, 1.82) is 0 Å². The predicted octanol–water partition coefficient (Wildman–Crippen LogP) is 4.65. The molecule has 1 amide bonds. The number of aryl methyl sites for hydroxylation is 1. The highest BCUT2D eigenvalue weighted by Crippen LogP contribution is 2.43. The van der Waals surface area contributed by atoms with Gasteiger partial charge in [-0.15, -0.1) is 0 Å². The predicted molar refractivity (Wildman–Crippen MR) is 134 cm³/mol. The second kappa shape index (κ2) is 10.3. The first-order chi connectivity index (χ1) is 16.4. The highest BCUT2D eigenvalue weighted by Gasteiger charge is 2.34. The molecular formula is C26H29N3O4S. The smallest absolute Gasteiger partial charge is 0.279 e. The fourth-order valence-electron chi connectivity index (χ4n) is 4.09. The molecule has 0 saturated carbocycles. The van der Waals surface area contributed by atoms with Gasteiger partial charge in [0, 0.05) is 30.7 Å². The number of nitrogens with zero attached hydrogens (tertiary/aromatic N) is 2. The maximum Gasteiger partial charge on any atom is 0.279 e. The zero-order valence-corrected chi connectivity index (χ0v) is 20.7. The summed E-state index contributed by atoms with van der Waals surface area (Å²) in [6, 6.07) is 13.8. The molecule has 1 N–H and O–H groups in total. The highest BCUT2D eigenvalue weighted by atomic mass is 32.2. The summed E-state index contributed by atoms with van der Waals surface area (Å²) in [5.41, 5.74) is 3.22. The second-order valence-electron chi connectivity index (χ2n) is 8.33. The molecule has 0 unspecified atom stereocenters. The third-order valence-corrected chi connectivity index (χ3v) is 6.95. The zero-order valence-electron chi connectivity index (χ0n) is 19.9. The molecule has 0 spiro atoms. The number of hydrogen-bond donors (Lipinski definition) is 1. The van der Waals surface area contributed by atoms with E-state index in [2.05, 4.69) is 34.6 Å². The van der Waals surface area contributed by atoms with Crippen LogP contribution in [0.25, 0.3) is 0 Å². The van der Waals surface area contributed by atoms with Crippen LogP contribution in [-0.2, 0) is 17.6 Å². The molecule has 0 aliphatic carbocycles. The van der Waals surface area contributed by atoms with Gasteiger partial charge in [0.2, 0.25) is 5.91 Å². The van der Waals surface area contributed by atoms with Crippen molar-refractivity contribution < 1.29 is 14.3 Å². The van der Waals surface area contributed by atoms with Gasteiger partial charge in [0.05, 0.1) is 19.3 Å². The molecule has 0 bridgehead atoms. The lowest BCUT2D eigenvalue weighted by Crippen LogP contribution is -2.33. The molecule has 2 heterocycles. The van der Waals surface area contributed by atoms with Crippen LogP contribution in [-0.4, -0.2) is 29.2 Å². The lowest BCUT2D eigenvalue weighted by atomic mass is 9.86. The number of rotatable bonds is 8. The third kappa shape index (κ3) is 4.82. The van der Waals surface area contributed by atoms with Crippen LogP contribution >= 0.6 is 11.8 Å². The Morgan fingerprint density at radius 1 is 1.18 bits per heavy atom. The Morgan fingerprint density at radius 3 is 2.65 bits per heavy atom. The van der Waals surface area contributed by atoms with Crippen LogP contribution < -0.4 is 20.3 Å². The van der Waals surface area contributed by atoms with Crippen molar-refractivity contribution in [2.45, 2.75) is 43.5 Å². The van der Waals surface area contributed by atoms with E-state index in [9.17, 15) is 9.59 Å². The van der Waals surface area contributed by atoms with Crippen LogP contribution in [0.15, 0.2) is 52.4 Å². The van der Waals surface area contributed by atoms with Gasteiger partial charge < -0.3 is 19.4 Å². The van der Waals surface area contributed by atoms with Crippen molar-refractivity contribution in [3.05, 3.63) is 75.1 Å². The summed E-state index contributed by atoms with van der Waals surface area (Å²) in [5, 5.41) is 3.46. The third-order valence-electron chi connectivity index (χ3n) is 5.84. The van der Waals surface area contributed by atoms with Gasteiger partial charge in [-0.3, -0.25) is 9.59 Å². The number of ether oxygens (including phenoxy) is 2. The van der Waals surface area contributed by atoms with Gasteiger partial charge in [0.1, 0.15) is 5.82 Å². The van der Waals surface area contributed by atoms with Crippen molar-refractivity contribution in [3.63, 3.8) is 0 Å². The van der Waals surface area contributed by atoms with Gasteiger partial charge in [-0.05, 0) is 25.0 Å². The molecule has 1 aliphatic rings. The SMILES string of the molecule is CCCOc1c(OC)cccc1[C@H]1CC(=O)Nc2c1c(=O)nc(SCc1ccc(C)cc1)n2C. The second-order valence-corrected chi connectivity index (χ2v) is 9.27. The molecule has 7 nitrogen and oxygen atoms in total. The molecule has 8 heteroatoms. The highest BCUT2D eigenvalue weighted by molar-refractivity contribution is 7.98. The first-order valence-electron chi connectivity index (χ1n) is 11.3. The fraction of sp³-hybridized carbons (Fsp3) is 0.346. The maximum absolute atomic E-state index is 13.3. The van der Waals surface area contributed by atoms with E-state index in [1.807, 2.05) is 39.1 Å². The average Bonchev–Trinajstić information content (AvgIpc) is 2.84. The summed E-state index contributed by atoms with van der Waals surface area (Å²) < 4.78 is 13.3. The van der Waals surface area contributed by atoms with E-state index >= 15 is 0 Å². The Balaban J connectivity index is 1.74. The van der Waals surface area contributed by atoms with Gasteiger partial charge in [0.25, 0.3) is 5.56 Å². The van der Waals surface area contributed by atoms with Crippen LogP contribution in [0.3, 0.4) is 0 Å². The topological polar surface area (TPSA) is 82.4 Å². The van der Waals surface area contributed by atoms with Gasteiger partial charge in [-0.25, -0.2) is 0 Å². The van der Waals surface area contributed by atoms with E-state index in [0.29, 0.717) is 40.4 Å². The molecule has 0 saturated heterocycles. The first kappa shape index (κ1) is 23.9. The molecule has 2 aromatic carbocycles. The molecule has 1 atom stereocenters. The van der Waals surface area contributed by atoms with Gasteiger partial charge in [-0.1, -0.05) is 60.6 Å². The normalized spacial score (nSPS) is 14.9. The molecule has 34 heavy (non-hydrogen) atoms. The standard InChI is InChI=1S/C26H29N3O4S/c1-5-13-33-23-18(7-6-8-20(23)32-4)19-14-21(30)27-24-22(19)25(31)28-26(29(24)3)34-15-17-11-9-16(2)10-12-17/h6-12,19H,5,13-15H2,1-4H3,(H,27,30)/t19-/m1/s1. The van der Waals surface area contributed by atoms with Crippen LogP contribution in [0.4, 0.5) is 5.82 Å². The van der Waals surface area contributed by atoms with Crippen LogP contribution in [0.1, 0.15) is 47.9 Å². The lowest BCUT2D eigenvalue weighted by Gasteiger charge is -2.29. The summed E-state index contributed by atoms with van der Waals surface area (Å²) in [6.45, 7) is 4.57. The summed E-state index contributed by atoms with van der Waals surface area (Å²) in [5.74, 6) is 1.66. The molecule has 1 aliphatic heterocycles. The number of carbonyl (C=O) groups excluding carboxylic acids is 1. The fourth-order valence-corrected chi connectivity index (χ4v) is 5.01. The zero-order chi connectivity index (χ0) is 24.2. The van der Waals surface area contributed by atoms with Crippen molar-refractivity contribution in [1.82, 2.24) is 9.55 Å². The van der Waals surface area contributed by atoms with Crippen LogP contribution in [0, 0.1) is 6.92 Å². The minimum absolute atomic E-state index is 0.134. The van der Waals surface area contributed by atoms with Gasteiger partial charge in [0.15, 0.2) is 16.7 Å². The number of aromatic nitrogens is 2. The number of anilines is 1. The summed E-state index contributed by atoms with van der Waals surface area (Å²) in [4.78, 5) is 30.5. The van der Waals surface area contributed by atoms with E-state index in [1.165, 1.54) is 17.3 Å². The average molecular weight is 480 g/mol. The Labute approximate surface area is 203 Å². The number of para-hydroxylation sites is 1. The van der Waals surface area contributed by atoms with Crippen LogP contribution in [0.2, 0.25) is 0 Å². The van der Waals surface area contributed by atoms with E-state index in [-0.39, 0.29) is 17.9 Å². The minimum atomic E-state index is -0.479. The van der Waals surface area contributed by atoms with Crippen molar-refractivity contribution in [3.8, 4) is 11.5 Å². The molecular weight excluding hydrogens is 450 g/mol. The maximum atomic E-state index is 13.3. The van der Waals surface area contributed by atoms with E-state index < -0.39 is 5.92 Å². The number of methoxy groups -OCH3 is 1. The Bertz CT molecular complexity index is 1250. The number of amides is 1. The van der Waals surface area contributed by atoms with E-state index in [1.54, 1.807) is 11.7 Å².